The molecule has 1 heterocycles. The van der Waals surface area contributed by atoms with E-state index < -0.39 is 0 Å². The highest BCUT2D eigenvalue weighted by Crippen LogP contribution is 2.17. The van der Waals surface area contributed by atoms with Gasteiger partial charge in [-0.05, 0) is 43.0 Å². The third-order valence-corrected chi connectivity index (χ3v) is 4.30. The first-order chi connectivity index (χ1) is 10.4. The summed E-state index contributed by atoms with van der Waals surface area (Å²) in [6, 6.07) is 21.3. The SMILES string of the molecule is c1ccc(CCN2CC[C@H](CNc3ccccc3)C2)cc1. The Morgan fingerprint density at radius 1 is 0.952 bits per heavy atom. The van der Waals surface area contributed by atoms with E-state index in [1.165, 1.54) is 43.7 Å². The largest absolute Gasteiger partial charge is 0.385 e. The molecule has 1 atom stereocenters. The molecule has 0 radical (unpaired) electrons. The number of hydrogen-bond acceptors (Lipinski definition) is 2. The summed E-state index contributed by atoms with van der Waals surface area (Å²) in [7, 11) is 0. The van der Waals surface area contributed by atoms with E-state index in [9.17, 15) is 0 Å². The van der Waals surface area contributed by atoms with Gasteiger partial charge in [0.15, 0.2) is 0 Å². The maximum absolute atomic E-state index is 3.55. The fraction of sp³-hybridized carbons (Fsp3) is 0.368. The zero-order chi connectivity index (χ0) is 14.3. The van der Waals surface area contributed by atoms with E-state index in [1.807, 2.05) is 0 Å². The second-order valence-electron chi connectivity index (χ2n) is 5.94. The quantitative estimate of drug-likeness (QED) is 0.868. The summed E-state index contributed by atoms with van der Waals surface area (Å²) in [5.41, 5.74) is 2.68. The molecule has 0 unspecified atom stereocenters. The molecule has 1 N–H and O–H groups in total. The number of para-hydroxylation sites is 1. The van der Waals surface area contributed by atoms with E-state index in [1.54, 1.807) is 0 Å². The minimum atomic E-state index is 0.779. The molecule has 1 saturated heterocycles. The van der Waals surface area contributed by atoms with Crippen LogP contribution in [0.4, 0.5) is 5.69 Å². The fourth-order valence-electron chi connectivity index (χ4n) is 3.03. The molecule has 0 saturated carbocycles. The van der Waals surface area contributed by atoms with E-state index >= 15 is 0 Å². The van der Waals surface area contributed by atoms with Crippen molar-refractivity contribution in [1.29, 1.82) is 0 Å². The third-order valence-electron chi connectivity index (χ3n) is 4.30. The lowest BCUT2D eigenvalue weighted by molar-refractivity contribution is 0.330. The van der Waals surface area contributed by atoms with Crippen LogP contribution in [0.1, 0.15) is 12.0 Å². The van der Waals surface area contributed by atoms with E-state index in [0.29, 0.717) is 0 Å². The molecule has 2 heteroatoms. The Labute approximate surface area is 127 Å². The molecular formula is C19H24N2. The first-order valence-corrected chi connectivity index (χ1v) is 7.95. The van der Waals surface area contributed by atoms with Crippen molar-refractivity contribution in [1.82, 2.24) is 4.90 Å². The highest BCUT2D eigenvalue weighted by Gasteiger charge is 2.21. The molecule has 1 aliphatic rings. The lowest BCUT2D eigenvalue weighted by atomic mass is 10.1. The normalized spacial score (nSPS) is 18.8. The van der Waals surface area contributed by atoms with Crippen molar-refractivity contribution < 1.29 is 0 Å². The summed E-state index contributed by atoms with van der Waals surface area (Å²) in [5, 5.41) is 3.55. The first-order valence-electron chi connectivity index (χ1n) is 7.95. The van der Waals surface area contributed by atoms with Crippen molar-refractivity contribution in [3.8, 4) is 0 Å². The van der Waals surface area contributed by atoms with Crippen molar-refractivity contribution in [2.45, 2.75) is 12.8 Å². The molecule has 2 aromatic rings. The van der Waals surface area contributed by atoms with Crippen molar-refractivity contribution in [3.05, 3.63) is 66.2 Å². The van der Waals surface area contributed by atoms with Gasteiger partial charge in [0.25, 0.3) is 0 Å². The molecule has 3 rings (SSSR count). The first kappa shape index (κ1) is 14.2. The molecule has 0 spiro atoms. The van der Waals surface area contributed by atoms with Gasteiger partial charge in [0.05, 0.1) is 0 Å². The van der Waals surface area contributed by atoms with Gasteiger partial charge in [-0.2, -0.15) is 0 Å². The Morgan fingerprint density at radius 2 is 1.67 bits per heavy atom. The molecular weight excluding hydrogens is 256 g/mol. The molecule has 0 aromatic heterocycles. The predicted octanol–water partition coefficient (Wildman–Crippen LogP) is 3.66. The van der Waals surface area contributed by atoms with Crippen LogP contribution in [0.3, 0.4) is 0 Å². The number of likely N-dealkylation sites (tertiary alicyclic amines) is 1. The Morgan fingerprint density at radius 3 is 2.43 bits per heavy atom. The smallest absolute Gasteiger partial charge is 0.0340 e. The maximum atomic E-state index is 3.55. The van der Waals surface area contributed by atoms with E-state index in [4.69, 9.17) is 0 Å². The van der Waals surface area contributed by atoms with E-state index in [-0.39, 0.29) is 0 Å². The summed E-state index contributed by atoms with van der Waals surface area (Å²) in [4.78, 5) is 2.60. The summed E-state index contributed by atoms with van der Waals surface area (Å²) < 4.78 is 0. The topological polar surface area (TPSA) is 15.3 Å². The Hall–Kier alpha value is -1.80. The lowest BCUT2D eigenvalue weighted by Crippen LogP contribution is -2.25. The van der Waals surface area contributed by atoms with Crippen LogP contribution in [0.25, 0.3) is 0 Å². The molecule has 110 valence electrons. The molecule has 21 heavy (non-hydrogen) atoms. The Bertz CT molecular complexity index is 474. The van der Waals surface area contributed by atoms with Gasteiger partial charge in [-0.3, -0.25) is 0 Å². The van der Waals surface area contributed by atoms with Crippen LogP contribution in [0.5, 0.6) is 0 Å². The zero-order valence-electron chi connectivity index (χ0n) is 12.5. The van der Waals surface area contributed by atoms with Crippen LogP contribution >= 0.6 is 0 Å². The lowest BCUT2D eigenvalue weighted by Gasteiger charge is -2.16. The van der Waals surface area contributed by atoms with Crippen LogP contribution in [-0.2, 0) is 6.42 Å². The molecule has 1 fully saturated rings. The number of nitrogens with one attached hydrogen (secondary N) is 1. The average molecular weight is 280 g/mol. The molecule has 0 amide bonds. The van der Waals surface area contributed by atoms with Crippen molar-refractivity contribution >= 4 is 5.69 Å². The van der Waals surface area contributed by atoms with Crippen molar-refractivity contribution in [3.63, 3.8) is 0 Å². The van der Waals surface area contributed by atoms with Crippen LogP contribution in [0.15, 0.2) is 60.7 Å². The predicted molar refractivity (Wildman–Crippen MR) is 89.6 cm³/mol. The second-order valence-corrected chi connectivity index (χ2v) is 5.94. The van der Waals surface area contributed by atoms with Crippen molar-refractivity contribution in [2.75, 3.05) is 31.5 Å². The van der Waals surface area contributed by atoms with E-state index in [2.05, 4.69) is 70.9 Å². The number of nitrogens with zero attached hydrogens (tertiary/aromatic N) is 1. The Balaban J connectivity index is 1.39. The van der Waals surface area contributed by atoms with Gasteiger partial charge in [0.1, 0.15) is 0 Å². The van der Waals surface area contributed by atoms with Gasteiger partial charge in [0, 0.05) is 25.3 Å². The number of rotatable bonds is 6. The van der Waals surface area contributed by atoms with Crippen molar-refractivity contribution in [2.24, 2.45) is 5.92 Å². The van der Waals surface area contributed by atoms with Gasteiger partial charge in [-0.15, -0.1) is 0 Å². The average Bonchev–Trinajstić information content (AvgIpc) is 3.01. The maximum Gasteiger partial charge on any atom is 0.0340 e. The number of hydrogen-bond donors (Lipinski definition) is 1. The highest BCUT2D eigenvalue weighted by molar-refractivity contribution is 5.42. The summed E-state index contributed by atoms with van der Waals surface area (Å²) in [6.45, 7) is 4.75. The second kappa shape index (κ2) is 7.28. The van der Waals surface area contributed by atoms with Gasteiger partial charge in [-0.1, -0.05) is 48.5 Å². The van der Waals surface area contributed by atoms with Crippen LogP contribution < -0.4 is 5.32 Å². The molecule has 2 aromatic carbocycles. The standard InChI is InChI=1S/C19H24N2/c1-3-7-17(8-4-1)11-13-21-14-12-18(16-21)15-20-19-9-5-2-6-10-19/h1-10,18,20H,11-16H2/t18-/m1/s1. The van der Waals surface area contributed by atoms with E-state index in [0.717, 1.165) is 12.5 Å². The third kappa shape index (κ3) is 4.33. The Kier molecular flexibility index (Phi) is 4.90. The monoisotopic (exact) mass is 280 g/mol. The molecule has 0 bridgehead atoms. The number of anilines is 1. The molecule has 2 nitrogen and oxygen atoms in total. The van der Waals surface area contributed by atoms with Crippen LogP contribution in [0.2, 0.25) is 0 Å². The summed E-state index contributed by atoms with van der Waals surface area (Å²) in [6.07, 6.45) is 2.48. The highest BCUT2D eigenvalue weighted by atomic mass is 15.1. The van der Waals surface area contributed by atoms with Gasteiger partial charge < -0.3 is 10.2 Å². The molecule has 1 aliphatic heterocycles. The minimum Gasteiger partial charge on any atom is -0.385 e. The zero-order valence-corrected chi connectivity index (χ0v) is 12.5. The number of benzene rings is 2. The van der Waals surface area contributed by atoms with Crippen LogP contribution in [0, 0.1) is 5.92 Å². The fourth-order valence-corrected chi connectivity index (χ4v) is 3.03. The summed E-state index contributed by atoms with van der Waals surface area (Å²) >= 11 is 0. The van der Waals surface area contributed by atoms with Gasteiger partial charge >= 0.3 is 0 Å². The minimum absolute atomic E-state index is 0.779. The van der Waals surface area contributed by atoms with Crippen LogP contribution in [-0.4, -0.2) is 31.1 Å². The van der Waals surface area contributed by atoms with Gasteiger partial charge in [-0.25, -0.2) is 0 Å². The summed E-state index contributed by atoms with van der Waals surface area (Å²) in [5.74, 6) is 0.779. The molecule has 0 aliphatic carbocycles. The van der Waals surface area contributed by atoms with Gasteiger partial charge in [0.2, 0.25) is 0 Å².